The number of hydrogen-bond donors (Lipinski definition) is 2. The van der Waals surface area contributed by atoms with Gasteiger partial charge in [-0.15, -0.1) is 0 Å². The third-order valence-corrected chi connectivity index (χ3v) is 12.3. The summed E-state index contributed by atoms with van der Waals surface area (Å²) in [5.74, 6) is -0.331. The topological polar surface area (TPSA) is 117 Å². The zero-order valence-electron chi connectivity index (χ0n) is 40.2. The minimum Gasteiger partial charge on any atom is -0.457 e. The molecule has 9 heteroatoms. The van der Waals surface area contributed by atoms with Gasteiger partial charge in [0.15, 0.2) is 0 Å². The van der Waals surface area contributed by atoms with Crippen LogP contribution in [0.3, 0.4) is 0 Å². The summed E-state index contributed by atoms with van der Waals surface area (Å²) in [7, 11) is -4.28. The van der Waals surface area contributed by atoms with E-state index in [1.165, 1.54) is 186 Å². The Kier molecular flexibility index (Phi) is 48.7. The van der Waals surface area contributed by atoms with Crippen LogP contribution in [0.5, 0.6) is 0 Å². The Bertz CT molecular complexity index is 1040. The molecule has 0 aliphatic rings. The number of rotatable bonds is 50. The van der Waals surface area contributed by atoms with Gasteiger partial charge < -0.3 is 20.1 Å². The van der Waals surface area contributed by atoms with E-state index in [1.54, 1.807) is 0 Å². The van der Waals surface area contributed by atoms with Crippen LogP contribution < -0.4 is 5.73 Å². The first-order valence-corrected chi connectivity index (χ1v) is 27.5. The molecule has 0 rings (SSSR count). The number of phosphoric acid groups is 1. The van der Waals surface area contributed by atoms with Crippen molar-refractivity contribution in [3.63, 3.8) is 0 Å². The molecule has 0 bridgehead atoms. The number of phosphoric ester groups is 1. The summed E-state index contributed by atoms with van der Waals surface area (Å²) in [4.78, 5) is 22.6. The molecule has 0 spiro atoms. The van der Waals surface area contributed by atoms with E-state index in [0.29, 0.717) is 13.0 Å². The van der Waals surface area contributed by atoms with Gasteiger partial charge in [0.1, 0.15) is 6.10 Å². The van der Waals surface area contributed by atoms with Crippen LogP contribution >= 0.6 is 7.82 Å². The molecule has 0 heterocycles. The van der Waals surface area contributed by atoms with E-state index in [1.807, 2.05) is 0 Å². The van der Waals surface area contributed by atoms with E-state index >= 15 is 0 Å². The number of carbonyl (C=O) groups excluding carboxylic acids is 1. The standard InChI is InChI=1S/C52H100NO7P/c1-3-5-7-9-11-13-15-17-19-21-22-23-24-25-26-27-28-29-31-33-35-37-39-41-43-45-52(54)60-51(50-59-61(55,56)58-48-46-53)49-57-47-44-42-40-38-36-34-32-30-20-18-16-14-12-10-8-6-4-2/h14,16,20-22,30,51H,3-13,15,17-19,23-29,31-50,53H2,1-2H3,(H,55,56)/b16-14-,22-21-,30-20-. The molecule has 0 aromatic rings. The molecule has 0 aromatic carbocycles. The Morgan fingerprint density at radius 2 is 0.869 bits per heavy atom. The Morgan fingerprint density at radius 1 is 0.492 bits per heavy atom. The van der Waals surface area contributed by atoms with Crippen LogP contribution in [0.2, 0.25) is 0 Å². The highest BCUT2D eigenvalue weighted by atomic mass is 31.2. The average Bonchev–Trinajstić information content (AvgIpc) is 3.25. The van der Waals surface area contributed by atoms with Gasteiger partial charge in [0.2, 0.25) is 0 Å². The van der Waals surface area contributed by atoms with Crippen molar-refractivity contribution in [2.45, 2.75) is 258 Å². The van der Waals surface area contributed by atoms with Crippen molar-refractivity contribution in [3.05, 3.63) is 36.5 Å². The van der Waals surface area contributed by atoms with Gasteiger partial charge in [0.25, 0.3) is 0 Å². The van der Waals surface area contributed by atoms with Crippen LogP contribution in [0.1, 0.15) is 251 Å². The summed E-state index contributed by atoms with van der Waals surface area (Å²) in [5.41, 5.74) is 5.39. The lowest BCUT2D eigenvalue weighted by Gasteiger charge is -2.20. The Labute approximate surface area is 378 Å². The maximum absolute atomic E-state index is 12.7. The molecule has 3 N–H and O–H groups in total. The lowest BCUT2D eigenvalue weighted by molar-refractivity contribution is -0.154. The molecule has 0 aromatic heterocycles. The van der Waals surface area contributed by atoms with Gasteiger partial charge in [-0.05, 0) is 70.6 Å². The van der Waals surface area contributed by atoms with Crippen molar-refractivity contribution in [1.82, 2.24) is 0 Å². The number of unbranched alkanes of at least 4 members (excludes halogenated alkanes) is 31. The van der Waals surface area contributed by atoms with Gasteiger partial charge in [-0.1, -0.05) is 211 Å². The quantitative estimate of drug-likeness (QED) is 0.0268. The van der Waals surface area contributed by atoms with Crippen LogP contribution in [0.25, 0.3) is 0 Å². The highest BCUT2D eigenvalue weighted by molar-refractivity contribution is 7.47. The van der Waals surface area contributed by atoms with Crippen LogP contribution in [-0.4, -0.2) is 49.9 Å². The SMILES string of the molecule is CCCCCC/C=C\C/C=C\CCCCCCCCOCC(COP(=O)(O)OCCN)OC(=O)CCCCCCCCCCCCCCC/C=C\CCCCCCCCCC. The van der Waals surface area contributed by atoms with Crippen molar-refractivity contribution in [2.75, 3.05) is 33.0 Å². The monoisotopic (exact) mass is 882 g/mol. The summed E-state index contributed by atoms with van der Waals surface area (Å²) < 4.78 is 33.6. The molecular formula is C52H100NO7P. The lowest BCUT2D eigenvalue weighted by Crippen LogP contribution is -2.28. The lowest BCUT2D eigenvalue weighted by atomic mass is 10.0. The molecule has 0 saturated carbocycles. The van der Waals surface area contributed by atoms with Crippen molar-refractivity contribution in [2.24, 2.45) is 5.73 Å². The zero-order chi connectivity index (χ0) is 44.4. The van der Waals surface area contributed by atoms with E-state index in [4.69, 9.17) is 24.3 Å². The first-order valence-electron chi connectivity index (χ1n) is 26.0. The maximum atomic E-state index is 12.7. The molecule has 61 heavy (non-hydrogen) atoms. The van der Waals surface area contributed by atoms with Crippen molar-refractivity contribution < 1.29 is 32.8 Å². The summed E-state index contributed by atoms with van der Waals surface area (Å²) in [6.07, 6.45) is 59.0. The van der Waals surface area contributed by atoms with Crippen LogP contribution in [-0.2, 0) is 27.9 Å². The predicted molar refractivity (Wildman–Crippen MR) is 261 cm³/mol. The van der Waals surface area contributed by atoms with E-state index in [2.05, 4.69) is 50.3 Å². The second-order valence-corrected chi connectivity index (χ2v) is 18.8. The first-order chi connectivity index (χ1) is 29.9. The molecule has 2 unspecified atom stereocenters. The van der Waals surface area contributed by atoms with Gasteiger partial charge in [-0.25, -0.2) is 4.57 Å². The molecule has 360 valence electrons. The fourth-order valence-corrected chi connectivity index (χ4v) is 8.20. The minimum absolute atomic E-state index is 0.0970. The highest BCUT2D eigenvalue weighted by Crippen LogP contribution is 2.43. The summed E-state index contributed by atoms with van der Waals surface area (Å²) in [6, 6.07) is 0. The molecule has 0 saturated heterocycles. The number of hydrogen-bond acceptors (Lipinski definition) is 7. The van der Waals surface area contributed by atoms with E-state index < -0.39 is 13.9 Å². The number of esters is 1. The highest BCUT2D eigenvalue weighted by Gasteiger charge is 2.25. The molecular weight excluding hydrogens is 782 g/mol. The Hall–Kier alpha value is -1.28. The van der Waals surface area contributed by atoms with Crippen molar-refractivity contribution >= 4 is 13.8 Å². The van der Waals surface area contributed by atoms with Gasteiger partial charge in [0.05, 0.1) is 19.8 Å². The molecule has 0 aliphatic heterocycles. The summed E-state index contributed by atoms with van der Waals surface area (Å²) in [6.45, 7) is 4.92. The van der Waals surface area contributed by atoms with E-state index in [-0.39, 0.29) is 32.3 Å². The van der Waals surface area contributed by atoms with E-state index in [0.717, 1.165) is 44.9 Å². The van der Waals surface area contributed by atoms with Gasteiger partial charge in [-0.3, -0.25) is 13.8 Å². The zero-order valence-corrected chi connectivity index (χ0v) is 41.1. The second kappa shape index (κ2) is 49.7. The molecule has 0 radical (unpaired) electrons. The van der Waals surface area contributed by atoms with Crippen LogP contribution in [0, 0.1) is 0 Å². The normalized spacial score (nSPS) is 13.6. The maximum Gasteiger partial charge on any atom is 0.472 e. The Balaban J connectivity index is 3.91. The minimum atomic E-state index is -4.28. The number of ether oxygens (including phenoxy) is 2. The number of carbonyl (C=O) groups is 1. The summed E-state index contributed by atoms with van der Waals surface area (Å²) >= 11 is 0. The van der Waals surface area contributed by atoms with E-state index in [9.17, 15) is 14.3 Å². The van der Waals surface area contributed by atoms with Crippen molar-refractivity contribution in [1.29, 1.82) is 0 Å². The summed E-state index contributed by atoms with van der Waals surface area (Å²) in [5, 5.41) is 0. The van der Waals surface area contributed by atoms with Crippen LogP contribution in [0.4, 0.5) is 0 Å². The third kappa shape index (κ3) is 49.6. The van der Waals surface area contributed by atoms with Crippen LogP contribution in [0.15, 0.2) is 36.5 Å². The number of allylic oxidation sites excluding steroid dienone is 6. The fourth-order valence-electron chi connectivity index (χ4n) is 7.44. The molecule has 8 nitrogen and oxygen atoms in total. The fraction of sp³-hybridized carbons (Fsp3) is 0.865. The second-order valence-electron chi connectivity index (χ2n) is 17.4. The molecule has 0 fully saturated rings. The van der Waals surface area contributed by atoms with Crippen molar-refractivity contribution in [3.8, 4) is 0 Å². The average molecular weight is 882 g/mol. The van der Waals surface area contributed by atoms with Gasteiger partial charge in [-0.2, -0.15) is 0 Å². The predicted octanol–water partition coefficient (Wildman–Crippen LogP) is 16.1. The number of nitrogens with two attached hydrogens (primary N) is 1. The molecule has 0 aliphatic carbocycles. The largest absolute Gasteiger partial charge is 0.472 e. The molecule has 0 amide bonds. The van der Waals surface area contributed by atoms with Gasteiger partial charge >= 0.3 is 13.8 Å². The van der Waals surface area contributed by atoms with Gasteiger partial charge in [0, 0.05) is 19.6 Å². The third-order valence-electron chi connectivity index (χ3n) is 11.3. The smallest absolute Gasteiger partial charge is 0.457 e. The molecule has 2 atom stereocenters. The first kappa shape index (κ1) is 59.7. The Morgan fingerprint density at radius 3 is 1.31 bits per heavy atom.